The molecule has 2 heterocycles. The number of nitrogens with one attached hydrogen (secondary N) is 2. The van der Waals surface area contributed by atoms with E-state index in [1.165, 1.54) is 6.07 Å². The van der Waals surface area contributed by atoms with Gasteiger partial charge in [0.05, 0.1) is 5.56 Å². The quantitative estimate of drug-likeness (QED) is 0.765. The standard InChI is InChI=1S/C20H20F3N3O4/c21-20(22,23)12-1-8-18(24-10-12)30-15-5-2-13(3-6-15)25-19(27)26-14-4-7-16-17(9-14)29-11-28-16/h1,4,7-10,13,15H,2-3,5-6,11H2,(H2,25,26,27). The molecule has 0 unspecified atom stereocenters. The van der Waals surface area contributed by atoms with Crippen molar-refractivity contribution in [2.45, 2.75) is 44.0 Å². The third kappa shape index (κ3) is 4.87. The lowest BCUT2D eigenvalue weighted by atomic mass is 9.93. The zero-order valence-corrected chi connectivity index (χ0v) is 15.9. The van der Waals surface area contributed by atoms with Crippen LogP contribution in [0, 0.1) is 0 Å². The van der Waals surface area contributed by atoms with E-state index in [0.29, 0.717) is 42.9 Å². The van der Waals surface area contributed by atoms with Crippen LogP contribution in [-0.4, -0.2) is 30.0 Å². The Labute approximate surface area is 170 Å². The molecule has 7 nitrogen and oxygen atoms in total. The lowest BCUT2D eigenvalue weighted by Gasteiger charge is -2.29. The highest BCUT2D eigenvalue weighted by molar-refractivity contribution is 5.89. The van der Waals surface area contributed by atoms with Gasteiger partial charge in [-0.1, -0.05) is 0 Å². The van der Waals surface area contributed by atoms with E-state index < -0.39 is 11.7 Å². The van der Waals surface area contributed by atoms with E-state index in [0.717, 1.165) is 12.3 Å². The Balaban J connectivity index is 1.22. The molecule has 2 aromatic rings. The maximum absolute atomic E-state index is 12.6. The van der Waals surface area contributed by atoms with Crippen molar-refractivity contribution in [2.75, 3.05) is 12.1 Å². The van der Waals surface area contributed by atoms with E-state index in [1.807, 2.05) is 0 Å². The molecule has 1 aliphatic carbocycles. The van der Waals surface area contributed by atoms with Crippen molar-refractivity contribution in [3.05, 3.63) is 42.1 Å². The highest BCUT2D eigenvalue weighted by Gasteiger charge is 2.31. The Morgan fingerprint density at radius 3 is 2.53 bits per heavy atom. The van der Waals surface area contributed by atoms with E-state index in [2.05, 4.69) is 15.6 Å². The molecular formula is C20H20F3N3O4. The summed E-state index contributed by atoms with van der Waals surface area (Å²) in [6.45, 7) is 0.165. The van der Waals surface area contributed by atoms with Crippen LogP contribution in [-0.2, 0) is 6.18 Å². The largest absolute Gasteiger partial charge is 0.474 e. The van der Waals surface area contributed by atoms with Crippen LogP contribution >= 0.6 is 0 Å². The van der Waals surface area contributed by atoms with E-state index in [1.54, 1.807) is 18.2 Å². The molecule has 2 N–H and O–H groups in total. The van der Waals surface area contributed by atoms with E-state index >= 15 is 0 Å². The minimum absolute atomic E-state index is 0.0144. The first-order valence-electron chi connectivity index (χ1n) is 9.54. The number of halogens is 3. The van der Waals surface area contributed by atoms with Crippen molar-refractivity contribution in [3.8, 4) is 17.4 Å². The fraction of sp³-hybridized carbons (Fsp3) is 0.400. The number of carbonyl (C=O) groups is 1. The topological polar surface area (TPSA) is 81.7 Å². The number of hydrogen-bond donors (Lipinski definition) is 2. The summed E-state index contributed by atoms with van der Waals surface area (Å²) in [5, 5.41) is 5.69. The fourth-order valence-electron chi connectivity index (χ4n) is 3.44. The Morgan fingerprint density at radius 2 is 1.83 bits per heavy atom. The summed E-state index contributed by atoms with van der Waals surface area (Å²) in [7, 11) is 0. The number of carbonyl (C=O) groups excluding carboxylic acids is 1. The Bertz CT molecular complexity index is 897. The Hall–Kier alpha value is -3.17. The molecule has 1 saturated carbocycles. The van der Waals surface area contributed by atoms with Crippen LogP contribution in [0.15, 0.2) is 36.5 Å². The van der Waals surface area contributed by atoms with Gasteiger partial charge in [0.2, 0.25) is 12.7 Å². The number of hydrogen-bond acceptors (Lipinski definition) is 5. The van der Waals surface area contributed by atoms with Gasteiger partial charge in [-0.05, 0) is 43.9 Å². The van der Waals surface area contributed by atoms with Crippen molar-refractivity contribution >= 4 is 11.7 Å². The summed E-state index contributed by atoms with van der Waals surface area (Å²) in [5.41, 5.74) is -0.210. The number of aromatic nitrogens is 1. The second-order valence-corrected chi connectivity index (χ2v) is 7.14. The molecule has 160 valence electrons. The molecule has 0 bridgehead atoms. The third-order valence-electron chi connectivity index (χ3n) is 4.99. The first-order chi connectivity index (χ1) is 14.4. The second-order valence-electron chi connectivity index (χ2n) is 7.14. The van der Waals surface area contributed by atoms with Crippen LogP contribution in [0.3, 0.4) is 0 Å². The zero-order valence-electron chi connectivity index (χ0n) is 15.9. The predicted octanol–water partition coefficient (Wildman–Crippen LogP) is 4.34. The summed E-state index contributed by atoms with van der Waals surface area (Å²) in [4.78, 5) is 16.0. The van der Waals surface area contributed by atoms with Gasteiger partial charge in [-0.25, -0.2) is 9.78 Å². The minimum Gasteiger partial charge on any atom is -0.474 e. The second kappa shape index (κ2) is 8.29. The molecule has 30 heavy (non-hydrogen) atoms. The Kier molecular flexibility index (Phi) is 5.56. The SMILES string of the molecule is O=C(Nc1ccc2c(c1)OCO2)NC1CCC(Oc2ccc(C(F)(F)F)cn2)CC1. The monoisotopic (exact) mass is 423 g/mol. The van der Waals surface area contributed by atoms with Gasteiger partial charge < -0.3 is 24.8 Å². The molecule has 4 rings (SSSR count). The van der Waals surface area contributed by atoms with Gasteiger partial charge in [-0.2, -0.15) is 13.2 Å². The average Bonchev–Trinajstić information content (AvgIpc) is 3.17. The normalized spacial score (nSPS) is 20.5. The summed E-state index contributed by atoms with van der Waals surface area (Å²) >= 11 is 0. The number of alkyl halides is 3. The maximum Gasteiger partial charge on any atom is 0.417 e. The van der Waals surface area contributed by atoms with E-state index in [-0.39, 0.29) is 30.8 Å². The molecule has 1 aromatic carbocycles. The summed E-state index contributed by atoms with van der Waals surface area (Å²) in [6.07, 6.45) is -1.08. The number of anilines is 1. The number of rotatable bonds is 4. The van der Waals surface area contributed by atoms with Crippen LogP contribution < -0.4 is 24.8 Å². The average molecular weight is 423 g/mol. The lowest BCUT2D eigenvalue weighted by Crippen LogP contribution is -2.41. The molecule has 2 aliphatic rings. The Morgan fingerprint density at radius 1 is 1.07 bits per heavy atom. The highest BCUT2D eigenvalue weighted by Crippen LogP contribution is 2.34. The van der Waals surface area contributed by atoms with Crippen LogP contribution in [0.5, 0.6) is 17.4 Å². The van der Waals surface area contributed by atoms with Gasteiger partial charge >= 0.3 is 12.2 Å². The van der Waals surface area contributed by atoms with E-state index in [9.17, 15) is 18.0 Å². The molecular weight excluding hydrogens is 403 g/mol. The summed E-state index contributed by atoms with van der Waals surface area (Å²) in [5.74, 6) is 1.39. The number of amides is 2. The van der Waals surface area contributed by atoms with Gasteiger partial charge in [0.25, 0.3) is 0 Å². The fourth-order valence-corrected chi connectivity index (χ4v) is 3.44. The first-order valence-corrected chi connectivity index (χ1v) is 9.54. The van der Waals surface area contributed by atoms with Crippen molar-refractivity contribution in [1.29, 1.82) is 0 Å². The summed E-state index contributed by atoms with van der Waals surface area (Å²) in [6, 6.07) is 7.01. The van der Waals surface area contributed by atoms with Gasteiger partial charge in [0.15, 0.2) is 11.5 Å². The number of benzene rings is 1. The molecule has 1 fully saturated rings. The number of nitrogens with zero attached hydrogens (tertiary/aromatic N) is 1. The first kappa shape index (κ1) is 20.1. The number of urea groups is 1. The number of fused-ring (bicyclic) bond motifs is 1. The van der Waals surface area contributed by atoms with Crippen LogP contribution in [0.4, 0.5) is 23.7 Å². The lowest BCUT2D eigenvalue weighted by molar-refractivity contribution is -0.137. The van der Waals surface area contributed by atoms with Gasteiger partial charge in [0, 0.05) is 30.1 Å². The molecule has 0 spiro atoms. The van der Waals surface area contributed by atoms with Gasteiger partial charge in [-0.3, -0.25) is 0 Å². The van der Waals surface area contributed by atoms with Crippen LogP contribution in [0.2, 0.25) is 0 Å². The molecule has 0 atom stereocenters. The zero-order chi connectivity index (χ0) is 21.1. The maximum atomic E-state index is 12.6. The predicted molar refractivity (Wildman–Crippen MR) is 101 cm³/mol. The van der Waals surface area contributed by atoms with Crippen LogP contribution in [0.25, 0.3) is 0 Å². The van der Waals surface area contributed by atoms with Gasteiger partial charge in [-0.15, -0.1) is 0 Å². The van der Waals surface area contributed by atoms with Crippen molar-refractivity contribution < 1.29 is 32.2 Å². The highest BCUT2D eigenvalue weighted by atomic mass is 19.4. The molecule has 10 heteroatoms. The number of ether oxygens (including phenoxy) is 3. The minimum atomic E-state index is -4.42. The number of pyridine rings is 1. The third-order valence-corrected chi connectivity index (χ3v) is 4.99. The van der Waals surface area contributed by atoms with Crippen molar-refractivity contribution in [3.63, 3.8) is 0 Å². The van der Waals surface area contributed by atoms with Crippen molar-refractivity contribution in [1.82, 2.24) is 10.3 Å². The smallest absolute Gasteiger partial charge is 0.417 e. The molecule has 0 radical (unpaired) electrons. The molecule has 2 amide bonds. The van der Waals surface area contributed by atoms with Crippen molar-refractivity contribution in [2.24, 2.45) is 0 Å². The molecule has 0 saturated heterocycles. The van der Waals surface area contributed by atoms with Crippen LogP contribution in [0.1, 0.15) is 31.2 Å². The van der Waals surface area contributed by atoms with E-state index in [4.69, 9.17) is 14.2 Å². The molecule has 1 aliphatic heterocycles. The summed E-state index contributed by atoms with van der Waals surface area (Å²) < 4.78 is 54.0. The molecule has 1 aromatic heterocycles. The van der Waals surface area contributed by atoms with Gasteiger partial charge in [0.1, 0.15) is 6.10 Å².